The van der Waals surface area contributed by atoms with Gasteiger partial charge in [0.25, 0.3) is 0 Å². The van der Waals surface area contributed by atoms with E-state index in [9.17, 15) is 15.5 Å². The highest BCUT2D eigenvalue weighted by Gasteiger charge is 2.03. The fraction of sp³-hybridized carbons (Fsp3) is 0. The van der Waals surface area contributed by atoms with Crippen molar-refractivity contribution in [2.45, 2.75) is 0 Å². The van der Waals surface area contributed by atoms with Crippen LogP contribution in [-0.4, -0.2) is 21.9 Å². The predicted octanol–water partition coefficient (Wildman–Crippen LogP) is 5.68. The Labute approximate surface area is 185 Å². The maximum atomic E-state index is 10.7. The number of hydrogen-bond donors (Lipinski definition) is 2. The Morgan fingerprint density at radius 2 is 1.34 bits per heavy atom. The lowest BCUT2D eigenvalue weighted by Gasteiger charge is -2.09. The second-order valence-corrected chi connectivity index (χ2v) is 7.11. The molecule has 0 atom stereocenters. The minimum Gasteiger partial charge on any atom is -0.612 e. The summed E-state index contributed by atoms with van der Waals surface area (Å²) < 4.78 is 0. The van der Waals surface area contributed by atoms with E-state index in [4.69, 9.17) is 0 Å². The molecule has 158 valence electrons. The number of phenols is 1. The van der Waals surface area contributed by atoms with Gasteiger partial charge in [-0.05, 0) is 82.9 Å². The van der Waals surface area contributed by atoms with Gasteiger partial charge in [-0.25, -0.2) is 0 Å². The van der Waals surface area contributed by atoms with Crippen molar-refractivity contribution in [2.24, 2.45) is 4.99 Å². The highest BCUT2D eigenvalue weighted by Crippen LogP contribution is 2.24. The second kappa shape index (κ2) is 9.49. The van der Waals surface area contributed by atoms with Crippen LogP contribution in [0.3, 0.4) is 0 Å². The summed E-state index contributed by atoms with van der Waals surface area (Å²) in [5.41, 5.74) is 5.77. The zero-order chi connectivity index (χ0) is 22.3. The molecule has 3 aromatic carbocycles. The summed E-state index contributed by atoms with van der Waals surface area (Å²) >= 11 is 0. The van der Waals surface area contributed by atoms with Crippen molar-refractivity contribution in [1.29, 1.82) is 0 Å². The fourth-order valence-corrected chi connectivity index (χ4v) is 3.07. The average Bonchev–Trinajstić information content (AvgIpc) is 2.83. The van der Waals surface area contributed by atoms with E-state index in [0.717, 1.165) is 33.6 Å². The summed E-state index contributed by atoms with van der Waals surface area (Å²) in [6.45, 7) is 0. The number of hydrogen-bond acceptors (Lipinski definition) is 5. The Balaban J connectivity index is 1.38. The molecule has 0 amide bonds. The molecule has 0 radical (unpaired) electrons. The third kappa shape index (κ3) is 5.31. The third-order valence-corrected chi connectivity index (χ3v) is 4.85. The molecule has 0 fully saturated rings. The molecule has 2 N–H and O–H groups in total. The highest BCUT2D eigenvalue weighted by molar-refractivity contribution is 6.02. The lowest BCUT2D eigenvalue weighted by molar-refractivity contribution is -0.377. The average molecular weight is 422 g/mol. The van der Waals surface area contributed by atoms with Crippen molar-refractivity contribution in [3.63, 3.8) is 0 Å². The second-order valence-electron chi connectivity index (χ2n) is 7.11. The van der Waals surface area contributed by atoms with Gasteiger partial charge in [0.1, 0.15) is 5.75 Å². The van der Waals surface area contributed by atoms with Crippen LogP contribution in [0.2, 0.25) is 0 Å². The first-order valence-corrected chi connectivity index (χ1v) is 9.95. The van der Waals surface area contributed by atoms with Gasteiger partial charge in [-0.1, -0.05) is 24.3 Å². The van der Waals surface area contributed by atoms with E-state index in [2.05, 4.69) is 10.3 Å². The Kier molecular flexibility index (Phi) is 6.13. The molecule has 0 saturated carbocycles. The number of aliphatic imine (C=N–C) groups is 1. The molecule has 0 aliphatic heterocycles. The maximum absolute atomic E-state index is 10.7. The summed E-state index contributed by atoms with van der Waals surface area (Å²) in [6, 6.07) is 22.9. The van der Waals surface area contributed by atoms with E-state index in [1.165, 1.54) is 12.2 Å². The molecule has 0 unspecified atom stereocenters. The zero-order valence-electron chi connectivity index (χ0n) is 17.1. The molecule has 6 heteroatoms. The normalized spacial score (nSPS) is 12.9. The maximum Gasteiger partial charge on any atom is 0.222 e. The summed E-state index contributed by atoms with van der Waals surface area (Å²) in [6.07, 6.45) is 9.93. The monoisotopic (exact) mass is 422 g/mol. The van der Waals surface area contributed by atoms with E-state index < -0.39 is 4.90 Å². The van der Waals surface area contributed by atoms with Crippen molar-refractivity contribution in [3.8, 4) is 16.9 Å². The number of benzene rings is 3. The van der Waals surface area contributed by atoms with Crippen molar-refractivity contribution in [3.05, 3.63) is 125 Å². The molecule has 0 heterocycles. The third-order valence-electron chi connectivity index (χ3n) is 4.85. The van der Waals surface area contributed by atoms with Gasteiger partial charge in [-0.15, -0.1) is 0 Å². The summed E-state index contributed by atoms with van der Waals surface area (Å²) in [5.74, 6) is 0.233. The number of phenolic OH excluding ortho intramolecular Hbond substituents is 1. The number of allylic oxidation sites excluding steroid dienone is 5. The molecule has 6 nitrogen and oxygen atoms in total. The van der Waals surface area contributed by atoms with Gasteiger partial charge < -0.3 is 20.8 Å². The molecule has 4 rings (SSSR count). The van der Waals surface area contributed by atoms with E-state index >= 15 is 0 Å². The van der Waals surface area contributed by atoms with E-state index in [1.54, 1.807) is 36.7 Å². The van der Waals surface area contributed by atoms with Gasteiger partial charge in [0.15, 0.2) is 0 Å². The SMILES string of the molecule is [O-][N+]([O-])=C1C=CC(=CNc2ccc(-c3ccc(N=Cc4ccc(O)cc4)cc3)cc2)C=C1. The molecule has 1 aliphatic rings. The van der Waals surface area contributed by atoms with Gasteiger partial charge in [-0.3, -0.25) is 4.99 Å². The van der Waals surface area contributed by atoms with Crippen LogP contribution in [-0.2, 0) is 0 Å². The lowest BCUT2D eigenvalue weighted by Crippen LogP contribution is -2.06. The van der Waals surface area contributed by atoms with Gasteiger partial charge in [0.05, 0.1) is 5.69 Å². The van der Waals surface area contributed by atoms with E-state index in [-0.39, 0.29) is 11.5 Å². The molecule has 0 bridgehead atoms. The van der Waals surface area contributed by atoms with Crippen LogP contribution < -0.4 is 5.32 Å². The molecule has 32 heavy (non-hydrogen) atoms. The van der Waals surface area contributed by atoms with Crippen molar-refractivity contribution >= 4 is 23.3 Å². The van der Waals surface area contributed by atoms with Gasteiger partial charge in [0.2, 0.25) is 5.71 Å². The van der Waals surface area contributed by atoms with E-state index in [1.807, 2.05) is 60.7 Å². The predicted molar refractivity (Wildman–Crippen MR) is 129 cm³/mol. The van der Waals surface area contributed by atoms with Crippen molar-refractivity contribution < 1.29 is 10.0 Å². The first-order chi connectivity index (χ1) is 15.6. The van der Waals surface area contributed by atoms with Crippen LogP contribution >= 0.6 is 0 Å². The Hall–Kier alpha value is -4.58. The summed E-state index contributed by atoms with van der Waals surface area (Å²) in [7, 11) is 0. The molecule has 3 aromatic rings. The lowest BCUT2D eigenvalue weighted by atomic mass is 10.0. The molecule has 0 aromatic heterocycles. The van der Waals surface area contributed by atoms with E-state index in [0.29, 0.717) is 0 Å². The number of anilines is 1. The minimum absolute atomic E-state index is 0.0727. The van der Waals surface area contributed by atoms with Gasteiger partial charge >= 0.3 is 0 Å². The van der Waals surface area contributed by atoms with Gasteiger partial charge in [0, 0.05) is 30.3 Å². The van der Waals surface area contributed by atoms with Crippen LogP contribution in [0.25, 0.3) is 11.1 Å². The number of nitrogens with one attached hydrogen (secondary N) is 1. The number of rotatable bonds is 5. The topological polar surface area (TPSA) is 93.8 Å². The Morgan fingerprint density at radius 3 is 1.94 bits per heavy atom. The number of nitrogens with zero attached hydrogens (tertiary/aromatic N) is 2. The minimum atomic E-state index is -0.412. The summed E-state index contributed by atoms with van der Waals surface area (Å²) in [5, 5.41) is 34.0. The quantitative estimate of drug-likeness (QED) is 0.314. The number of aromatic hydroxyl groups is 1. The molecular weight excluding hydrogens is 402 g/mol. The van der Waals surface area contributed by atoms with Crippen LogP contribution in [0.1, 0.15) is 5.56 Å². The van der Waals surface area contributed by atoms with Crippen molar-refractivity contribution in [1.82, 2.24) is 0 Å². The van der Waals surface area contributed by atoms with Gasteiger partial charge in [-0.2, -0.15) is 4.90 Å². The Morgan fingerprint density at radius 1 is 0.750 bits per heavy atom. The largest absolute Gasteiger partial charge is 0.612 e. The van der Waals surface area contributed by atoms with Crippen LogP contribution in [0, 0.1) is 10.4 Å². The Bertz CT molecular complexity index is 1210. The molecular formula is C26H20N3O3-. The first-order valence-electron chi connectivity index (χ1n) is 9.95. The first kappa shape index (κ1) is 20.7. The fourth-order valence-electron chi connectivity index (χ4n) is 3.07. The smallest absolute Gasteiger partial charge is 0.222 e. The molecule has 0 saturated heterocycles. The highest BCUT2D eigenvalue weighted by atomic mass is 16.8. The van der Waals surface area contributed by atoms with Crippen LogP contribution in [0.5, 0.6) is 5.75 Å². The summed E-state index contributed by atoms with van der Waals surface area (Å²) in [4.78, 5) is 4.05. The van der Waals surface area contributed by atoms with Crippen LogP contribution in [0.4, 0.5) is 11.4 Å². The van der Waals surface area contributed by atoms with Crippen molar-refractivity contribution in [2.75, 3.05) is 5.32 Å². The zero-order valence-corrected chi connectivity index (χ0v) is 17.1. The molecule has 1 aliphatic carbocycles. The van der Waals surface area contributed by atoms with Crippen LogP contribution in [0.15, 0.2) is 114 Å². The molecule has 0 spiro atoms. The standard InChI is InChI=1S/C26H20N3O3/c30-26-15-3-20(4-16-26)18-28-24-11-7-22(8-12-24)21-5-9-23(10-6-21)27-17-19-1-13-25(14-2-19)29(31)32/h1-18,27H,(H-,28,30,31,32)/q-1.